The molecule has 158 valence electrons. The zero-order valence-corrected chi connectivity index (χ0v) is 17.9. The van der Waals surface area contributed by atoms with Crippen molar-refractivity contribution >= 4 is 11.6 Å². The van der Waals surface area contributed by atoms with Crippen molar-refractivity contribution in [2.45, 2.75) is 31.9 Å². The van der Waals surface area contributed by atoms with Crippen LogP contribution in [-0.4, -0.2) is 19.7 Å². The Bertz CT molecular complexity index is 1310. The van der Waals surface area contributed by atoms with Gasteiger partial charge in [-0.3, -0.25) is 4.98 Å². The van der Waals surface area contributed by atoms with Crippen molar-refractivity contribution in [2.75, 3.05) is 5.32 Å². The standard InChI is InChI=1S/C26H23N5O/c1-16(2)17-9-11-18(12-10-17)25-22-23(20-7-3-4-8-21(20)32-25)30-26-28-15-29-31(26)24(22)19-6-5-13-27-14-19/h3-16,24-25H,1-2H3,(H,28,29,30). The summed E-state index contributed by atoms with van der Waals surface area (Å²) in [6, 6.07) is 20.7. The summed E-state index contributed by atoms with van der Waals surface area (Å²) >= 11 is 0. The van der Waals surface area contributed by atoms with Gasteiger partial charge in [0.1, 0.15) is 24.2 Å². The smallest absolute Gasteiger partial charge is 0.226 e. The van der Waals surface area contributed by atoms with Gasteiger partial charge in [-0.2, -0.15) is 10.1 Å². The third-order valence-electron chi connectivity index (χ3n) is 6.23. The highest BCUT2D eigenvalue weighted by atomic mass is 16.5. The number of rotatable bonds is 3. The summed E-state index contributed by atoms with van der Waals surface area (Å²) in [4.78, 5) is 8.85. The van der Waals surface area contributed by atoms with Crippen molar-refractivity contribution in [3.63, 3.8) is 0 Å². The highest BCUT2D eigenvalue weighted by molar-refractivity contribution is 5.85. The van der Waals surface area contributed by atoms with Crippen molar-refractivity contribution in [1.29, 1.82) is 0 Å². The van der Waals surface area contributed by atoms with Crippen LogP contribution in [0, 0.1) is 0 Å². The molecule has 1 N–H and O–H groups in total. The maximum Gasteiger partial charge on any atom is 0.226 e. The minimum Gasteiger partial charge on any atom is -0.480 e. The second kappa shape index (κ2) is 7.34. The normalized spacial score (nSPS) is 19.0. The molecule has 2 unspecified atom stereocenters. The number of anilines is 1. The first-order valence-electron chi connectivity index (χ1n) is 10.9. The van der Waals surface area contributed by atoms with Gasteiger partial charge in [0.25, 0.3) is 0 Å². The Morgan fingerprint density at radius 1 is 0.969 bits per heavy atom. The van der Waals surface area contributed by atoms with Crippen LogP contribution in [0.3, 0.4) is 0 Å². The van der Waals surface area contributed by atoms with Gasteiger partial charge in [0.05, 0.1) is 5.70 Å². The highest BCUT2D eigenvalue weighted by Crippen LogP contribution is 2.50. The molecule has 0 saturated carbocycles. The highest BCUT2D eigenvalue weighted by Gasteiger charge is 2.40. The van der Waals surface area contributed by atoms with Gasteiger partial charge < -0.3 is 10.1 Å². The van der Waals surface area contributed by atoms with Crippen molar-refractivity contribution in [3.05, 3.63) is 107 Å². The Kier molecular flexibility index (Phi) is 4.31. The summed E-state index contributed by atoms with van der Waals surface area (Å²) in [5.41, 5.74) is 6.62. The third kappa shape index (κ3) is 2.91. The fourth-order valence-corrected chi connectivity index (χ4v) is 4.61. The van der Waals surface area contributed by atoms with Crippen molar-refractivity contribution in [1.82, 2.24) is 19.7 Å². The summed E-state index contributed by atoms with van der Waals surface area (Å²) in [6.07, 6.45) is 5.00. The number of nitrogens with one attached hydrogen (secondary N) is 1. The van der Waals surface area contributed by atoms with Gasteiger partial charge in [-0.1, -0.05) is 56.3 Å². The molecule has 0 aliphatic carbocycles. The molecule has 4 aromatic rings. The molecule has 0 amide bonds. The first kappa shape index (κ1) is 18.8. The molecule has 2 aromatic carbocycles. The second-order valence-corrected chi connectivity index (χ2v) is 8.49. The first-order chi connectivity index (χ1) is 15.7. The zero-order chi connectivity index (χ0) is 21.7. The van der Waals surface area contributed by atoms with E-state index < -0.39 is 0 Å². The number of ether oxygens (including phenoxy) is 1. The van der Waals surface area contributed by atoms with Gasteiger partial charge >= 0.3 is 0 Å². The molecular weight excluding hydrogens is 398 g/mol. The largest absolute Gasteiger partial charge is 0.480 e. The molecule has 0 fully saturated rings. The molecule has 4 heterocycles. The molecule has 0 spiro atoms. The van der Waals surface area contributed by atoms with Crippen LogP contribution in [0.5, 0.6) is 5.75 Å². The Hall–Kier alpha value is -3.93. The van der Waals surface area contributed by atoms with E-state index >= 15 is 0 Å². The molecule has 0 saturated heterocycles. The number of hydrogen-bond donors (Lipinski definition) is 1. The molecule has 6 heteroatoms. The Balaban J connectivity index is 1.58. The van der Waals surface area contributed by atoms with Gasteiger partial charge in [0.2, 0.25) is 5.95 Å². The lowest BCUT2D eigenvalue weighted by atomic mass is 9.84. The molecule has 32 heavy (non-hydrogen) atoms. The van der Waals surface area contributed by atoms with E-state index in [1.54, 1.807) is 12.5 Å². The number of pyridine rings is 1. The van der Waals surface area contributed by atoms with Gasteiger partial charge in [-0.15, -0.1) is 0 Å². The predicted molar refractivity (Wildman–Crippen MR) is 123 cm³/mol. The van der Waals surface area contributed by atoms with Crippen LogP contribution in [0.1, 0.15) is 54.2 Å². The maximum atomic E-state index is 6.65. The molecule has 6 nitrogen and oxygen atoms in total. The molecule has 6 rings (SSSR count). The predicted octanol–water partition coefficient (Wildman–Crippen LogP) is 5.36. The molecule has 2 aliphatic rings. The van der Waals surface area contributed by atoms with E-state index in [0.717, 1.165) is 33.7 Å². The Morgan fingerprint density at radius 2 is 1.81 bits per heavy atom. The van der Waals surface area contributed by atoms with Crippen molar-refractivity contribution < 1.29 is 4.74 Å². The fourth-order valence-electron chi connectivity index (χ4n) is 4.61. The quantitative estimate of drug-likeness (QED) is 0.483. The molecule has 2 aromatic heterocycles. The number of nitrogens with zero attached hydrogens (tertiary/aromatic N) is 4. The van der Waals surface area contributed by atoms with E-state index in [1.807, 2.05) is 35.1 Å². The SMILES string of the molecule is CC(C)c1ccc(C2Oc3ccccc3C3=C2C(c2cccnc2)n2ncnc2N3)cc1. The maximum absolute atomic E-state index is 6.65. The van der Waals surface area contributed by atoms with Crippen molar-refractivity contribution in [2.24, 2.45) is 0 Å². The van der Waals surface area contributed by atoms with Crippen LogP contribution >= 0.6 is 0 Å². The number of para-hydroxylation sites is 1. The summed E-state index contributed by atoms with van der Waals surface area (Å²) < 4.78 is 8.57. The lowest BCUT2D eigenvalue weighted by molar-refractivity contribution is 0.223. The lowest BCUT2D eigenvalue weighted by Gasteiger charge is -2.38. The second-order valence-electron chi connectivity index (χ2n) is 8.49. The van der Waals surface area contributed by atoms with E-state index in [9.17, 15) is 0 Å². The summed E-state index contributed by atoms with van der Waals surface area (Å²) in [5, 5.41) is 8.09. The van der Waals surface area contributed by atoms with Crippen LogP contribution in [0.15, 0.2) is 85.0 Å². The molecular formula is C26H23N5O. The van der Waals surface area contributed by atoms with Crippen LogP contribution in [0.2, 0.25) is 0 Å². The van der Waals surface area contributed by atoms with E-state index in [2.05, 4.69) is 70.6 Å². The van der Waals surface area contributed by atoms with Crippen LogP contribution in [0.25, 0.3) is 5.70 Å². The number of benzene rings is 2. The van der Waals surface area contributed by atoms with Crippen LogP contribution in [-0.2, 0) is 0 Å². The van der Waals surface area contributed by atoms with E-state index in [1.165, 1.54) is 5.56 Å². The van der Waals surface area contributed by atoms with Gasteiger partial charge in [-0.25, -0.2) is 4.68 Å². The molecule has 0 bridgehead atoms. The molecule has 2 atom stereocenters. The summed E-state index contributed by atoms with van der Waals surface area (Å²) in [7, 11) is 0. The van der Waals surface area contributed by atoms with Crippen LogP contribution < -0.4 is 10.1 Å². The van der Waals surface area contributed by atoms with E-state index in [4.69, 9.17) is 4.74 Å². The average molecular weight is 422 g/mol. The van der Waals surface area contributed by atoms with E-state index in [-0.39, 0.29) is 12.1 Å². The molecule has 2 aliphatic heterocycles. The summed E-state index contributed by atoms with van der Waals surface area (Å²) in [5.74, 6) is 2.04. The monoisotopic (exact) mass is 421 g/mol. The Labute approximate surface area is 186 Å². The topological polar surface area (TPSA) is 64.9 Å². The minimum atomic E-state index is -0.267. The first-order valence-corrected chi connectivity index (χ1v) is 10.9. The number of hydrogen-bond acceptors (Lipinski definition) is 5. The fraction of sp³-hybridized carbons (Fsp3) is 0.192. The lowest BCUT2D eigenvalue weighted by Crippen LogP contribution is -2.32. The minimum absolute atomic E-state index is 0.180. The summed E-state index contributed by atoms with van der Waals surface area (Å²) in [6.45, 7) is 4.41. The van der Waals surface area contributed by atoms with Crippen molar-refractivity contribution in [3.8, 4) is 5.75 Å². The van der Waals surface area contributed by atoms with E-state index in [0.29, 0.717) is 11.9 Å². The van der Waals surface area contributed by atoms with Gasteiger partial charge in [-0.05, 0) is 40.8 Å². The third-order valence-corrected chi connectivity index (χ3v) is 6.23. The van der Waals surface area contributed by atoms with Gasteiger partial charge in [0.15, 0.2) is 0 Å². The number of aromatic nitrogens is 4. The number of fused-ring (bicyclic) bond motifs is 3. The average Bonchev–Trinajstić information content (AvgIpc) is 3.31. The molecule has 0 radical (unpaired) electrons. The zero-order valence-electron chi connectivity index (χ0n) is 17.9. The van der Waals surface area contributed by atoms with Crippen LogP contribution in [0.4, 0.5) is 5.95 Å². The Morgan fingerprint density at radius 3 is 2.59 bits per heavy atom. The van der Waals surface area contributed by atoms with Gasteiger partial charge in [0, 0.05) is 23.5 Å².